The van der Waals surface area contributed by atoms with Crippen molar-refractivity contribution < 1.29 is 19.4 Å². The molecule has 3 rings (SSSR count). The van der Waals surface area contributed by atoms with Crippen molar-refractivity contribution in [2.75, 3.05) is 13.7 Å². The van der Waals surface area contributed by atoms with Crippen LogP contribution < -0.4 is 9.47 Å². The zero-order valence-corrected chi connectivity index (χ0v) is 16.2. The monoisotopic (exact) mass is 379 g/mol. The van der Waals surface area contributed by atoms with Crippen molar-refractivity contribution in [3.63, 3.8) is 0 Å². The molecule has 0 aliphatic heterocycles. The van der Waals surface area contributed by atoms with Gasteiger partial charge in [-0.3, -0.25) is 9.78 Å². The fourth-order valence-electron chi connectivity index (χ4n) is 3.19. The first-order chi connectivity index (χ1) is 13.6. The van der Waals surface area contributed by atoms with Gasteiger partial charge in [-0.1, -0.05) is 43.7 Å². The topological polar surface area (TPSA) is 68.7 Å². The SMILES string of the molecule is CCCCOc1cc(C(CC(=O)O)c2ccc3ccccc3n2)ccc1OC. The highest BCUT2D eigenvalue weighted by atomic mass is 16.5. The van der Waals surface area contributed by atoms with E-state index in [2.05, 4.69) is 6.92 Å². The lowest BCUT2D eigenvalue weighted by atomic mass is 9.91. The summed E-state index contributed by atoms with van der Waals surface area (Å²) >= 11 is 0. The summed E-state index contributed by atoms with van der Waals surface area (Å²) in [4.78, 5) is 16.3. The molecule has 0 saturated carbocycles. The molecule has 0 spiro atoms. The second-order valence-corrected chi connectivity index (χ2v) is 6.69. The number of aromatic nitrogens is 1. The maximum atomic E-state index is 11.6. The number of fused-ring (bicyclic) bond motifs is 1. The van der Waals surface area contributed by atoms with E-state index in [0.717, 1.165) is 35.0 Å². The molecule has 0 aliphatic rings. The minimum Gasteiger partial charge on any atom is -0.493 e. The molecule has 5 heteroatoms. The van der Waals surface area contributed by atoms with Crippen LogP contribution in [0.3, 0.4) is 0 Å². The molecule has 3 aromatic rings. The first kappa shape index (κ1) is 19.7. The molecule has 0 fully saturated rings. The minimum atomic E-state index is -0.871. The number of carbonyl (C=O) groups is 1. The van der Waals surface area contributed by atoms with Crippen LogP contribution in [0.4, 0.5) is 0 Å². The number of unbranched alkanes of at least 4 members (excludes halogenated alkanes) is 1. The van der Waals surface area contributed by atoms with Gasteiger partial charge in [0.2, 0.25) is 0 Å². The van der Waals surface area contributed by atoms with Gasteiger partial charge in [-0.2, -0.15) is 0 Å². The summed E-state index contributed by atoms with van der Waals surface area (Å²) < 4.78 is 11.3. The van der Waals surface area contributed by atoms with Crippen LogP contribution in [0.1, 0.15) is 43.4 Å². The normalized spacial score (nSPS) is 11.9. The zero-order chi connectivity index (χ0) is 19.9. The number of hydrogen-bond donors (Lipinski definition) is 1. The van der Waals surface area contributed by atoms with Gasteiger partial charge in [-0.05, 0) is 36.2 Å². The highest BCUT2D eigenvalue weighted by Crippen LogP contribution is 2.35. The van der Waals surface area contributed by atoms with Crippen LogP contribution in [0.2, 0.25) is 0 Å². The number of carboxylic acids is 1. The number of pyridine rings is 1. The van der Waals surface area contributed by atoms with Crippen molar-refractivity contribution in [2.24, 2.45) is 0 Å². The quantitative estimate of drug-likeness (QED) is 0.528. The molecule has 28 heavy (non-hydrogen) atoms. The number of ether oxygens (including phenoxy) is 2. The zero-order valence-electron chi connectivity index (χ0n) is 16.2. The molecule has 1 heterocycles. The summed E-state index contributed by atoms with van der Waals surface area (Å²) in [5.74, 6) is 0.0239. The lowest BCUT2D eigenvalue weighted by molar-refractivity contribution is -0.137. The average molecular weight is 379 g/mol. The molecule has 1 aromatic heterocycles. The number of hydrogen-bond acceptors (Lipinski definition) is 4. The third kappa shape index (κ3) is 4.60. The second kappa shape index (κ2) is 9.22. The van der Waals surface area contributed by atoms with Crippen molar-refractivity contribution in [3.8, 4) is 11.5 Å². The van der Waals surface area contributed by atoms with Crippen LogP contribution in [-0.4, -0.2) is 29.8 Å². The fraction of sp³-hybridized carbons (Fsp3) is 0.304. The van der Waals surface area contributed by atoms with Gasteiger partial charge < -0.3 is 14.6 Å². The Hall–Kier alpha value is -3.08. The van der Waals surface area contributed by atoms with Crippen molar-refractivity contribution in [3.05, 3.63) is 65.9 Å². The van der Waals surface area contributed by atoms with Crippen LogP contribution in [-0.2, 0) is 4.79 Å². The van der Waals surface area contributed by atoms with Gasteiger partial charge in [-0.15, -0.1) is 0 Å². The fourth-order valence-corrected chi connectivity index (χ4v) is 3.19. The van der Waals surface area contributed by atoms with Gasteiger partial charge >= 0.3 is 5.97 Å². The first-order valence-corrected chi connectivity index (χ1v) is 9.50. The molecule has 5 nitrogen and oxygen atoms in total. The largest absolute Gasteiger partial charge is 0.493 e. The molecular formula is C23H25NO4. The number of benzene rings is 2. The van der Waals surface area contributed by atoms with Gasteiger partial charge in [0, 0.05) is 17.0 Å². The van der Waals surface area contributed by atoms with Crippen molar-refractivity contribution in [1.82, 2.24) is 4.98 Å². The van der Waals surface area contributed by atoms with Crippen molar-refractivity contribution in [2.45, 2.75) is 32.1 Å². The molecule has 0 bridgehead atoms. The second-order valence-electron chi connectivity index (χ2n) is 6.69. The number of methoxy groups -OCH3 is 1. The van der Waals surface area contributed by atoms with E-state index in [4.69, 9.17) is 14.5 Å². The molecule has 0 radical (unpaired) electrons. The Kier molecular flexibility index (Phi) is 6.48. The van der Waals surface area contributed by atoms with E-state index in [-0.39, 0.29) is 12.3 Å². The first-order valence-electron chi connectivity index (χ1n) is 9.50. The Morgan fingerprint density at radius 3 is 2.68 bits per heavy atom. The predicted molar refractivity (Wildman–Crippen MR) is 109 cm³/mol. The van der Waals surface area contributed by atoms with E-state index in [1.165, 1.54) is 0 Å². The van der Waals surface area contributed by atoms with E-state index in [1.54, 1.807) is 7.11 Å². The highest BCUT2D eigenvalue weighted by Gasteiger charge is 2.21. The Morgan fingerprint density at radius 2 is 1.93 bits per heavy atom. The lowest BCUT2D eigenvalue weighted by Gasteiger charge is -2.18. The Labute approximate surface area is 164 Å². The Bertz CT molecular complexity index is 954. The summed E-state index contributed by atoms with van der Waals surface area (Å²) in [6.07, 6.45) is 1.93. The minimum absolute atomic E-state index is 0.0495. The number of carboxylic acid groups (broad SMARTS) is 1. The molecule has 1 atom stereocenters. The van der Waals surface area contributed by atoms with Gasteiger partial charge in [0.15, 0.2) is 11.5 Å². The van der Waals surface area contributed by atoms with E-state index < -0.39 is 5.97 Å². The van der Waals surface area contributed by atoms with E-state index in [9.17, 15) is 9.90 Å². The molecule has 0 aliphatic carbocycles. The van der Waals surface area contributed by atoms with Crippen molar-refractivity contribution >= 4 is 16.9 Å². The Balaban J connectivity index is 2.00. The highest BCUT2D eigenvalue weighted by molar-refractivity contribution is 5.79. The Morgan fingerprint density at radius 1 is 1.11 bits per heavy atom. The lowest BCUT2D eigenvalue weighted by Crippen LogP contribution is -2.10. The molecular weight excluding hydrogens is 354 g/mol. The van der Waals surface area contributed by atoms with Gasteiger partial charge in [0.1, 0.15) is 0 Å². The summed E-state index contributed by atoms with van der Waals surface area (Å²) in [5, 5.41) is 10.5. The standard InChI is InChI=1S/C23H25NO4/c1-3-4-13-28-22-14-17(10-12-21(22)27-2)18(15-23(25)26)20-11-9-16-7-5-6-8-19(16)24-20/h5-12,14,18H,3-4,13,15H2,1-2H3,(H,25,26). The summed E-state index contributed by atoms with van der Waals surface area (Å²) in [6.45, 7) is 2.69. The van der Waals surface area contributed by atoms with Gasteiger partial charge in [-0.25, -0.2) is 0 Å². The molecule has 2 aromatic carbocycles. The number of rotatable bonds is 9. The molecule has 1 N–H and O–H groups in total. The van der Waals surface area contributed by atoms with Crippen LogP contribution in [0, 0.1) is 0 Å². The number of nitrogens with zero attached hydrogens (tertiary/aromatic N) is 1. The van der Waals surface area contributed by atoms with Crippen LogP contribution in [0.5, 0.6) is 11.5 Å². The maximum Gasteiger partial charge on any atom is 0.304 e. The van der Waals surface area contributed by atoms with E-state index in [0.29, 0.717) is 18.1 Å². The number of aliphatic carboxylic acids is 1. The van der Waals surface area contributed by atoms with E-state index in [1.807, 2.05) is 54.6 Å². The number of para-hydroxylation sites is 1. The summed E-state index contributed by atoms with van der Waals surface area (Å²) in [7, 11) is 1.60. The van der Waals surface area contributed by atoms with E-state index >= 15 is 0 Å². The molecule has 0 saturated heterocycles. The van der Waals surface area contributed by atoms with Crippen LogP contribution >= 0.6 is 0 Å². The molecule has 146 valence electrons. The molecule has 0 amide bonds. The average Bonchev–Trinajstić information content (AvgIpc) is 2.71. The van der Waals surface area contributed by atoms with Crippen molar-refractivity contribution in [1.29, 1.82) is 0 Å². The summed E-state index contributed by atoms with van der Waals surface area (Å²) in [6, 6.07) is 17.3. The smallest absolute Gasteiger partial charge is 0.304 e. The maximum absolute atomic E-state index is 11.6. The van der Waals surface area contributed by atoms with Gasteiger partial charge in [0.25, 0.3) is 0 Å². The van der Waals surface area contributed by atoms with Crippen LogP contribution in [0.25, 0.3) is 10.9 Å². The summed E-state index contributed by atoms with van der Waals surface area (Å²) in [5.41, 5.74) is 2.42. The third-order valence-corrected chi connectivity index (χ3v) is 4.70. The molecule has 1 unspecified atom stereocenters. The predicted octanol–water partition coefficient (Wildman–Crippen LogP) is 5.03. The van der Waals surface area contributed by atoms with Gasteiger partial charge in [0.05, 0.1) is 25.7 Å². The third-order valence-electron chi connectivity index (χ3n) is 4.70. The van der Waals surface area contributed by atoms with Crippen LogP contribution in [0.15, 0.2) is 54.6 Å².